The van der Waals surface area contributed by atoms with E-state index in [0.29, 0.717) is 0 Å². The molecule has 0 aromatic rings. The molecule has 0 aromatic carbocycles. The fraction of sp³-hybridized carbons (Fsp3) is 1.00. The molecule has 0 bridgehead atoms. The molecule has 2 N–H and O–H groups in total. The Bertz CT molecular complexity index is 249. The van der Waals surface area contributed by atoms with Gasteiger partial charge < -0.3 is 10.6 Å². The fourth-order valence-electron chi connectivity index (χ4n) is 4.16. The van der Waals surface area contributed by atoms with Crippen LogP contribution in [0, 0.1) is 11.8 Å². The second kappa shape index (κ2) is 14.8. The Balaban J connectivity index is 1.25. The number of hydrogen-bond donors (Lipinski definition) is 2. The van der Waals surface area contributed by atoms with Crippen molar-refractivity contribution in [3.05, 3.63) is 0 Å². The van der Waals surface area contributed by atoms with E-state index in [0.717, 1.165) is 11.8 Å². The Morgan fingerprint density at radius 1 is 0.542 bits per heavy atom. The van der Waals surface area contributed by atoms with Crippen LogP contribution >= 0.6 is 21.6 Å². The van der Waals surface area contributed by atoms with E-state index in [4.69, 9.17) is 0 Å². The molecule has 2 saturated carbocycles. The molecule has 2 rings (SSSR count). The van der Waals surface area contributed by atoms with Crippen LogP contribution in [-0.2, 0) is 0 Å². The topological polar surface area (TPSA) is 24.1 Å². The van der Waals surface area contributed by atoms with Crippen molar-refractivity contribution in [1.29, 1.82) is 0 Å². The minimum absolute atomic E-state index is 1.02. The first-order chi connectivity index (χ1) is 11.9. The van der Waals surface area contributed by atoms with Crippen molar-refractivity contribution in [2.45, 2.75) is 77.0 Å². The summed E-state index contributed by atoms with van der Waals surface area (Å²) in [5, 5.41) is 7.26. The molecule has 142 valence electrons. The van der Waals surface area contributed by atoms with Gasteiger partial charge in [-0.1, -0.05) is 85.8 Å². The average Bonchev–Trinajstić information content (AvgIpc) is 2.64. The maximum atomic E-state index is 3.63. The van der Waals surface area contributed by atoms with Crippen molar-refractivity contribution in [2.24, 2.45) is 11.8 Å². The van der Waals surface area contributed by atoms with E-state index in [1.54, 1.807) is 0 Å². The zero-order valence-electron chi connectivity index (χ0n) is 15.7. The minimum Gasteiger partial charge on any atom is -0.316 e. The molecule has 2 aliphatic rings. The first-order valence-electron chi connectivity index (χ1n) is 10.6. The second-order valence-corrected chi connectivity index (χ2v) is 10.4. The summed E-state index contributed by atoms with van der Waals surface area (Å²) in [6.45, 7) is 4.83. The zero-order chi connectivity index (χ0) is 16.7. The highest BCUT2D eigenvalue weighted by Gasteiger charge is 2.13. The van der Waals surface area contributed by atoms with Gasteiger partial charge >= 0.3 is 0 Å². The van der Waals surface area contributed by atoms with Gasteiger partial charge in [0.25, 0.3) is 0 Å². The Hall–Kier alpha value is 0.620. The van der Waals surface area contributed by atoms with Crippen molar-refractivity contribution < 1.29 is 0 Å². The lowest BCUT2D eigenvalue weighted by molar-refractivity contribution is 0.335. The molecule has 2 nitrogen and oxygen atoms in total. The van der Waals surface area contributed by atoms with Crippen molar-refractivity contribution in [3.63, 3.8) is 0 Å². The van der Waals surface area contributed by atoms with Gasteiger partial charge in [-0.2, -0.15) is 0 Å². The summed E-state index contributed by atoms with van der Waals surface area (Å²) in [4.78, 5) is 0. The van der Waals surface area contributed by atoms with Gasteiger partial charge in [0.2, 0.25) is 0 Å². The van der Waals surface area contributed by atoms with Crippen LogP contribution in [0.5, 0.6) is 0 Å². The SMILES string of the molecule is C1CCC(CCNCCSSCCNCCC2CCCCC2)CC1. The van der Waals surface area contributed by atoms with Crippen LogP contribution < -0.4 is 10.6 Å². The molecule has 0 heterocycles. The van der Waals surface area contributed by atoms with Crippen LogP contribution in [0.15, 0.2) is 0 Å². The summed E-state index contributed by atoms with van der Waals surface area (Å²) in [5.41, 5.74) is 0. The highest BCUT2D eigenvalue weighted by molar-refractivity contribution is 8.76. The van der Waals surface area contributed by atoms with Gasteiger partial charge in [-0.05, 0) is 37.8 Å². The number of hydrogen-bond acceptors (Lipinski definition) is 4. The van der Waals surface area contributed by atoms with Crippen LogP contribution in [0.2, 0.25) is 0 Å². The predicted octanol–water partition coefficient (Wildman–Crippen LogP) is 5.49. The van der Waals surface area contributed by atoms with Gasteiger partial charge in [-0.25, -0.2) is 0 Å². The summed E-state index contributed by atoms with van der Waals surface area (Å²) in [6.07, 6.45) is 17.6. The van der Waals surface area contributed by atoms with E-state index in [1.807, 2.05) is 21.6 Å². The molecule has 0 atom stereocenters. The molecular weight excluding hydrogens is 332 g/mol. The molecule has 2 fully saturated rings. The Labute approximate surface area is 158 Å². The van der Waals surface area contributed by atoms with Crippen LogP contribution in [-0.4, -0.2) is 37.7 Å². The number of rotatable bonds is 13. The molecule has 0 spiro atoms. The van der Waals surface area contributed by atoms with Gasteiger partial charge in [0.15, 0.2) is 0 Å². The molecule has 24 heavy (non-hydrogen) atoms. The van der Waals surface area contributed by atoms with Gasteiger partial charge in [0, 0.05) is 24.6 Å². The molecule has 0 unspecified atom stereocenters. The van der Waals surface area contributed by atoms with E-state index in [9.17, 15) is 0 Å². The van der Waals surface area contributed by atoms with Crippen LogP contribution in [0.3, 0.4) is 0 Å². The lowest BCUT2D eigenvalue weighted by atomic mass is 9.87. The summed E-state index contributed by atoms with van der Waals surface area (Å²) in [5.74, 6) is 4.54. The predicted molar refractivity (Wildman–Crippen MR) is 113 cm³/mol. The van der Waals surface area contributed by atoms with Crippen molar-refractivity contribution in [3.8, 4) is 0 Å². The lowest BCUT2D eigenvalue weighted by Gasteiger charge is -2.21. The van der Waals surface area contributed by atoms with Gasteiger partial charge in [-0.3, -0.25) is 0 Å². The van der Waals surface area contributed by atoms with Crippen molar-refractivity contribution in [1.82, 2.24) is 10.6 Å². The van der Waals surface area contributed by atoms with E-state index in [-0.39, 0.29) is 0 Å². The first kappa shape index (κ1) is 20.9. The highest BCUT2D eigenvalue weighted by Crippen LogP contribution is 2.26. The average molecular weight is 373 g/mol. The Morgan fingerprint density at radius 3 is 1.38 bits per heavy atom. The lowest BCUT2D eigenvalue weighted by Crippen LogP contribution is -2.22. The van der Waals surface area contributed by atoms with E-state index in [1.165, 1.54) is 115 Å². The van der Waals surface area contributed by atoms with Gasteiger partial charge in [0.05, 0.1) is 0 Å². The smallest absolute Gasteiger partial charge is 0.0162 e. The van der Waals surface area contributed by atoms with Gasteiger partial charge in [-0.15, -0.1) is 0 Å². The summed E-state index contributed by atoms with van der Waals surface area (Å²) < 4.78 is 0. The Morgan fingerprint density at radius 2 is 0.958 bits per heavy atom. The molecule has 0 radical (unpaired) electrons. The largest absolute Gasteiger partial charge is 0.316 e. The maximum absolute atomic E-state index is 3.63. The molecule has 4 heteroatoms. The summed E-state index contributed by atoms with van der Waals surface area (Å²) in [6, 6.07) is 0. The fourth-order valence-corrected chi connectivity index (χ4v) is 6.06. The number of nitrogens with one attached hydrogen (secondary N) is 2. The van der Waals surface area contributed by atoms with Crippen molar-refractivity contribution in [2.75, 3.05) is 37.7 Å². The quantitative estimate of drug-likeness (QED) is 0.330. The van der Waals surface area contributed by atoms with E-state index < -0.39 is 0 Å². The molecule has 0 saturated heterocycles. The minimum atomic E-state index is 1.02. The van der Waals surface area contributed by atoms with Crippen molar-refractivity contribution >= 4 is 21.6 Å². The van der Waals surface area contributed by atoms with Gasteiger partial charge in [0.1, 0.15) is 0 Å². The third-order valence-corrected chi connectivity index (χ3v) is 8.12. The first-order valence-corrected chi connectivity index (χ1v) is 13.1. The van der Waals surface area contributed by atoms with Crippen LogP contribution in [0.4, 0.5) is 0 Å². The monoisotopic (exact) mass is 372 g/mol. The third-order valence-electron chi connectivity index (χ3n) is 5.72. The normalized spacial score (nSPS) is 20.5. The van der Waals surface area contributed by atoms with E-state index >= 15 is 0 Å². The van der Waals surface area contributed by atoms with Crippen LogP contribution in [0.25, 0.3) is 0 Å². The maximum Gasteiger partial charge on any atom is 0.0162 e. The van der Waals surface area contributed by atoms with E-state index in [2.05, 4.69) is 10.6 Å². The molecule has 0 aromatic heterocycles. The Kier molecular flexibility index (Phi) is 12.9. The summed E-state index contributed by atoms with van der Waals surface area (Å²) in [7, 11) is 4.08. The molecule has 0 aliphatic heterocycles. The molecular formula is C20H40N2S2. The molecule has 0 amide bonds. The highest BCUT2D eigenvalue weighted by atomic mass is 33.1. The second-order valence-electron chi connectivity index (χ2n) is 7.73. The van der Waals surface area contributed by atoms with Crippen LogP contribution in [0.1, 0.15) is 77.0 Å². The standard InChI is InChI=1S/C20H40N2S2/c1-3-7-19(8-4-1)11-13-21-15-17-23-24-18-16-22-14-12-20-9-5-2-6-10-20/h19-22H,1-18H2. The summed E-state index contributed by atoms with van der Waals surface area (Å²) >= 11 is 0. The zero-order valence-corrected chi connectivity index (χ0v) is 17.3. The molecule has 2 aliphatic carbocycles. The third kappa shape index (κ3) is 10.6.